The second-order valence-corrected chi connectivity index (χ2v) is 16.2. The fraction of sp³-hybridized carbons (Fsp3) is 0.385. The van der Waals surface area contributed by atoms with Gasteiger partial charge in [0.15, 0.2) is 34.5 Å². The van der Waals surface area contributed by atoms with Crippen LogP contribution < -0.4 is 14.8 Å². The van der Waals surface area contributed by atoms with Gasteiger partial charge in [0, 0.05) is 80.3 Å². The van der Waals surface area contributed by atoms with Crippen molar-refractivity contribution in [1.82, 2.24) is 59.3 Å². The Morgan fingerprint density at radius 1 is 0.662 bits per heavy atom. The van der Waals surface area contributed by atoms with Crippen LogP contribution in [0.4, 0.5) is 61.5 Å². The summed E-state index contributed by atoms with van der Waals surface area (Å²) in [5.74, 6) is -16.5. The molecule has 8 rings (SSSR count). The molecule has 32 heteroatoms. The predicted molar refractivity (Wildman–Crippen MR) is 216 cm³/mol. The number of aromatic nitrogens is 10. The highest BCUT2D eigenvalue weighted by molar-refractivity contribution is 6.33. The number of hydrogen-bond donors (Lipinski definition) is 1. The zero-order valence-electron chi connectivity index (χ0n) is 35.9. The Labute approximate surface area is 398 Å². The molecule has 0 aliphatic heterocycles. The number of alkyl halides is 14. The maximum Gasteiger partial charge on any atom is 0.459 e. The van der Waals surface area contributed by atoms with Crippen LogP contribution >= 0.6 is 23.2 Å². The number of amides is 2. The van der Waals surface area contributed by atoms with E-state index in [0.717, 1.165) is 73.9 Å². The summed E-state index contributed by atoms with van der Waals surface area (Å²) in [5, 5.41) is 16.5. The number of carbonyl (C=O) groups is 2. The molecule has 0 saturated heterocycles. The van der Waals surface area contributed by atoms with E-state index < -0.39 is 77.9 Å². The molecule has 0 radical (unpaired) electrons. The summed E-state index contributed by atoms with van der Waals surface area (Å²) in [5.41, 5.74) is -2.98. The Morgan fingerprint density at radius 3 is 1.45 bits per heavy atom. The van der Waals surface area contributed by atoms with Crippen LogP contribution in [0, 0.1) is 0 Å². The molecule has 2 saturated carbocycles. The Balaban J connectivity index is 0.000000209. The third kappa shape index (κ3) is 10.7. The number of nitrogens with zero attached hydrogens (tertiary/aromatic N) is 11. The first-order valence-corrected chi connectivity index (χ1v) is 20.7. The van der Waals surface area contributed by atoms with Gasteiger partial charge in [0.25, 0.3) is 11.8 Å². The summed E-state index contributed by atoms with van der Waals surface area (Å²) in [6.45, 7) is -7.47. The lowest BCUT2D eigenvalue weighted by atomic mass is 10.1. The van der Waals surface area contributed by atoms with Crippen LogP contribution in [0.25, 0.3) is 33.9 Å². The minimum Gasteiger partial charge on any atom is -0.428 e. The Hall–Kier alpha value is -6.72. The summed E-state index contributed by atoms with van der Waals surface area (Å²) in [6.07, 6.45) is -1.79. The molecule has 2 aliphatic carbocycles. The van der Waals surface area contributed by atoms with Gasteiger partial charge < -0.3 is 19.7 Å². The van der Waals surface area contributed by atoms with Gasteiger partial charge in [0.1, 0.15) is 10.3 Å². The van der Waals surface area contributed by atoms with Crippen LogP contribution in [0.2, 0.25) is 10.3 Å². The van der Waals surface area contributed by atoms with Gasteiger partial charge in [-0.05, 0) is 37.8 Å². The third-order valence-electron chi connectivity index (χ3n) is 10.4. The van der Waals surface area contributed by atoms with Crippen molar-refractivity contribution in [2.45, 2.75) is 75.2 Å². The fourth-order valence-corrected chi connectivity index (χ4v) is 6.95. The van der Waals surface area contributed by atoms with E-state index >= 15 is 0 Å². The average molecular weight is 1070 g/mol. The number of carbonyl (C=O) groups excluding carboxylic acids is 2. The molecule has 0 spiro atoms. The molecular formula is C39H30Cl2F14N12O4. The number of halogens is 16. The summed E-state index contributed by atoms with van der Waals surface area (Å²) < 4.78 is 196. The normalized spacial score (nSPS) is 14.4. The van der Waals surface area contributed by atoms with Crippen molar-refractivity contribution >= 4 is 35.0 Å². The Kier molecular flexibility index (Phi) is 14.0. The van der Waals surface area contributed by atoms with E-state index in [9.17, 15) is 71.1 Å². The zero-order valence-corrected chi connectivity index (χ0v) is 37.4. The molecule has 6 aromatic heterocycles. The monoisotopic (exact) mass is 1070 g/mol. The van der Waals surface area contributed by atoms with Crippen LogP contribution in [0.15, 0.2) is 49.3 Å². The van der Waals surface area contributed by atoms with Gasteiger partial charge >= 0.3 is 37.4 Å². The SMILES string of the molecule is CN(C(=O)c1cc(-c2cnn(-c3c(OC(F)F)c(C(F)(F)C(F)(F)F)nn3C)c2)cnc1Cl)C1CC1.Cn1nc(C(F)(F)C(F)(F)F)c(OC(F)F)c1-n1cc(-c2cnc(Cl)c(C(=O)NC3CC3)c2)cn1. The largest absolute Gasteiger partial charge is 0.459 e. The third-order valence-corrected chi connectivity index (χ3v) is 11.0. The molecule has 0 aromatic carbocycles. The average Bonchev–Trinajstić information content (AvgIpc) is 4.11. The van der Waals surface area contributed by atoms with E-state index in [2.05, 4.69) is 45.2 Å². The molecule has 6 heterocycles. The number of rotatable bonds is 14. The van der Waals surface area contributed by atoms with Gasteiger partial charge in [-0.15, -0.1) is 0 Å². The molecule has 2 amide bonds. The van der Waals surface area contributed by atoms with E-state index in [4.69, 9.17) is 23.2 Å². The first-order valence-electron chi connectivity index (χ1n) is 19.9. The topological polar surface area (TPSA) is 165 Å². The van der Waals surface area contributed by atoms with Crippen molar-refractivity contribution in [1.29, 1.82) is 0 Å². The molecule has 16 nitrogen and oxygen atoms in total. The smallest absolute Gasteiger partial charge is 0.428 e. The van der Waals surface area contributed by atoms with Gasteiger partial charge in [-0.25, -0.2) is 28.7 Å². The molecule has 0 atom stereocenters. The molecule has 382 valence electrons. The van der Waals surface area contributed by atoms with Crippen molar-refractivity contribution in [3.05, 3.63) is 82.1 Å². The van der Waals surface area contributed by atoms with E-state index in [0.29, 0.717) is 9.36 Å². The first-order chi connectivity index (χ1) is 33.0. The van der Waals surface area contributed by atoms with Crippen molar-refractivity contribution in [2.24, 2.45) is 14.1 Å². The number of pyridine rings is 2. The highest BCUT2D eigenvalue weighted by Crippen LogP contribution is 2.50. The van der Waals surface area contributed by atoms with Crippen molar-refractivity contribution in [2.75, 3.05) is 7.05 Å². The van der Waals surface area contributed by atoms with Crippen LogP contribution in [0.1, 0.15) is 57.8 Å². The molecule has 0 unspecified atom stereocenters. The lowest BCUT2D eigenvalue weighted by Crippen LogP contribution is -2.34. The van der Waals surface area contributed by atoms with Crippen molar-refractivity contribution in [3.8, 4) is 45.4 Å². The van der Waals surface area contributed by atoms with Crippen LogP contribution in [0.5, 0.6) is 11.5 Å². The maximum atomic E-state index is 14.0. The Morgan fingerprint density at radius 2 is 1.07 bits per heavy atom. The number of aryl methyl sites for hydroxylation is 2. The molecule has 2 aliphatic rings. The summed E-state index contributed by atoms with van der Waals surface area (Å²) in [4.78, 5) is 34.5. The Bertz CT molecular complexity index is 2960. The number of ether oxygens (including phenoxy) is 2. The van der Waals surface area contributed by atoms with E-state index in [-0.39, 0.29) is 61.7 Å². The quantitative estimate of drug-likeness (QED) is 0.0821. The van der Waals surface area contributed by atoms with Crippen LogP contribution in [0.3, 0.4) is 0 Å². The maximum absolute atomic E-state index is 14.0. The summed E-state index contributed by atoms with van der Waals surface area (Å²) in [6, 6.07) is 2.90. The molecule has 6 aromatic rings. The second kappa shape index (κ2) is 19.1. The minimum atomic E-state index is -6.13. The predicted octanol–water partition coefficient (Wildman–Crippen LogP) is 9.28. The lowest BCUT2D eigenvalue weighted by Gasteiger charge is -2.18. The number of hydrogen-bond acceptors (Lipinski definition) is 10. The minimum absolute atomic E-state index is 0.0343. The molecule has 0 bridgehead atoms. The summed E-state index contributed by atoms with van der Waals surface area (Å²) >= 11 is 12.1. The van der Waals surface area contributed by atoms with Crippen molar-refractivity contribution < 1.29 is 80.5 Å². The second-order valence-electron chi connectivity index (χ2n) is 15.5. The van der Waals surface area contributed by atoms with Crippen molar-refractivity contribution in [3.63, 3.8) is 0 Å². The van der Waals surface area contributed by atoms with E-state index in [1.807, 2.05) is 0 Å². The van der Waals surface area contributed by atoms with Crippen LogP contribution in [-0.4, -0.2) is 111 Å². The zero-order chi connectivity index (χ0) is 52.3. The van der Waals surface area contributed by atoms with Gasteiger partial charge in [0.05, 0.1) is 23.5 Å². The van der Waals surface area contributed by atoms with E-state index in [1.165, 1.54) is 29.4 Å². The fourth-order valence-electron chi connectivity index (χ4n) is 6.58. The molecular weight excluding hydrogens is 1040 g/mol. The lowest BCUT2D eigenvalue weighted by molar-refractivity contribution is -0.291. The highest BCUT2D eigenvalue weighted by atomic mass is 35.5. The van der Waals surface area contributed by atoms with Gasteiger partial charge in [-0.2, -0.15) is 81.9 Å². The van der Waals surface area contributed by atoms with Gasteiger partial charge in [0.2, 0.25) is 0 Å². The number of nitrogens with one attached hydrogen (secondary N) is 1. The highest BCUT2D eigenvalue weighted by Gasteiger charge is 2.64. The molecule has 2 fully saturated rings. The standard InChI is InChI=1S/C20H16ClF7N6O2.C19H14ClF7N6O2/c1-32(11-3-4-11)17(35)12-5-9(6-29-15(12)21)10-7-30-34(8-10)16-13(36-18(22)23)14(31-33(16)2)19(24,25)20(26,27)28;1-32-16(12(35-17(21)22)13(31-32)18(23,24)19(25,26)27)33-7-9(6-29-33)8-4-11(14(20)28-5-8)15(34)30-10-2-3-10/h5-8,11,18H,3-4H2,1-2H3;4-7,10,17H,2-3H2,1H3,(H,30,34). The van der Waals surface area contributed by atoms with Gasteiger partial charge in [-0.3, -0.25) is 9.59 Å². The first kappa shape index (κ1) is 52.1. The molecule has 71 heavy (non-hydrogen) atoms. The van der Waals surface area contributed by atoms with Gasteiger partial charge in [-0.1, -0.05) is 23.2 Å². The van der Waals surface area contributed by atoms with E-state index in [1.54, 1.807) is 7.05 Å². The summed E-state index contributed by atoms with van der Waals surface area (Å²) in [7, 11) is 3.52. The van der Waals surface area contributed by atoms with Crippen LogP contribution in [-0.2, 0) is 25.9 Å². The molecule has 1 N–H and O–H groups in total.